The molecule has 6 nitrogen and oxygen atoms in total. The monoisotopic (exact) mass is 327 g/mol. The Morgan fingerprint density at radius 3 is 2.58 bits per heavy atom. The number of anilines is 2. The van der Waals surface area contributed by atoms with Gasteiger partial charge in [-0.1, -0.05) is 31.5 Å². The van der Waals surface area contributed by atoms with Gasteiger partial charge in [-0.3, -0.25) is 4.79 Å². The van der Waals surface area contributed by atoms with Crippen LogP contribution in [0.5, 0.6) is 0 Å². The first-order valence-corrected chi connectivity index (χ1v) is 7.83. The van der Waals surface area contributed by atoms with Crippen LogP contribution in [0.1, 0.15) is 40.5 Å². The van der Waals surface area contributed by atoms with E-state index in [0.29, 0.717) is 17.1 Å². The molecule has 0 aliphatic carbocycles. The van der Waals surface area contributed by atoms with Crippen LogP contribution in [0.3, 0.4) is 0 Å². The third-order valence-electron chi connectivity index (χ3n) is 3.60. The highest BCUT2D eigenvalue weighted by Crippen LogP contribution is 2.21. The van der Waals surface area contributed by atoms with Crippen molar-refractivity contribution in [1.82, 2.24) is 4.98 Å². The van der Waals surface area contributed by atoms with Gasteiger partial charge in [0.2, 0.25) is 0 Å². The Morgan fingerprint density at radius 2 is 1.96 bits per heavy atom. The molecule has 1 aromatic heterocycles. The number of unbranched alkanes of at least 4 members (excludes halogenated alkanes) is 1. The van der Waals surface area contributed by atoms with Crippen LogP contribution in [0.15, 0.2) is 42.6 Å². The van der Waals surface area contributed by atoms with Crippen molar-refractivity contribution in [3.63, 3.8) is 0 Å². The van der Waals surface area contributed by atoms with Crippen molar-refractivity contribution in [2.45, 2.75) is 19.8 Å². The number of nitrogens with one attached hydrogen (secondary N) is 1. The highest BCUT2D eigenvalue weighted by atomic mass is 16.4. The molecule has 0 fully saturated rings. The molecule has 6 heteroatoms. The first kappa shape index (κ1) is 17.5. The number of carbonyl (C=O) groups is 2. The molecular weight excluding hydrogens is 306 g/mol. The lowest BCUT2D eigenvalue weighted by atomic mass is 10.2. The summed E-state index contributed by atoms with van der Waals surface area (Å²) in [6, 6.07) is 10.2. The molecule has 0 spiro atoms. The minimum absolute atomic E-state index is 0.0689. The van der Waals surface area contributed by atoms with Gasteiger partial charge in [-0.25, -0.2) is 9.78 Å². The SMILES string of the molecule is CCCCN(C)c1ncc(NC(=O)c2ccccc2)cc1C(=O)O. The van der Waals surface area contributed by atoms with Crippen LogP contribution in [-0.2, 0) is 0 Å². The van der Waals surface area contributed by atoms with E-state index in [1.165, 1.54) is 12.3 Å². The largest absolute Gasteiger partial charge is 0.478 e. The fraction of sp³-hybridized carbons (Fsp3) is 0.278. The molecule has 0 saturated heterocycles. The van der Waals surface area contributed by atoms with E-state index in [4.69, 9.17) is 0 Å². The normalized spacial score (nSPS) is 10.2. The van der Waals surface area contributed by atoms with E-state index in [0.717, 1.165) is 19.4 Å². The number of aromatic nitrogens is 1. The van der Waals surface area contributed by atoms with Gasteiger partial charge >= 0.3 is 5.97 Å². The summed E-state index contributed by atoms with van der Waals surface area (Å²) < 4.78 is 0. The van der Waals surface area contributed by atoms with Gasteiger partial charge in [0.25, 0.3) is 5.91 Å². The minimum atomic E-state index is -1.07. The maximum Gasteiger partial charge on any atom is 0.339 e. The highest BCUT2D eigenvalue weighted by Gasteiger charge is 2.17. The van der Waals surface area contributed by atoms with Crippen molar-refractivity contribution in [2.75, 3.05) is 23.8 Å². The summed E-state index contributed by atoms with van der Waals surface area (Å²) in [7, 11) is 1.81. The van der Waals surface area contributed by atoms with Crippen molar-refractivity contribution in [1.29, 1.82) is 0 Å². The Balaban J connectivity index is 2.22. The van der Waals surface area contributed by atoms with E-state index in [-0.39, 0.29) is 11.5 Å². The van der Waals surface area contributed by atoms with Gasteiger partial charge in [-0.05, 0) is 24.6 Å². The average Bonchev–Trinajstić information content (AvgIpc) is 2.60. The van der Waals surface area contributed by atoms with Gasteiger partial charge in [0.05, 0.1) is 11.9 Å². The second-order valence-electron chi connectivity index (χ2n) is 5.50. The molecule has 126 valence electrons. The van der Waals surface area contributed by atoms with Crippen molar-refractivity contribution in [2.24, 2.45) is 0 Å². The Kier molecular flexibility index (Phi) is 5.89. The molecule has 0 bridgehead atoms. The van der Waals surface area contributed by atoms with E-state index in [2.05, 4.69) is 17.2 Å². The smallest absolute Gasteiger partial charge is 0.339 e. The second kappa shape index (κ2) is 8.10. The Bertz CT molecular complexity index is 717. The van der Waals surface area contributed by atoms with Gasteiger partial charge in [-0.15, -0.1) is 0 Å². The van der Waals surface area contributed by atoms with E-state index < -0.39 is 5.97 Å². The third-order valence-corrected chi connectivity index (χ3v) is 3.60. The van der Waals surface area contributed by atoms with E-state index >= 15 is 0 Å². The minimum Gasteiger partial charge on any atom is -0.478 e. The number of nitrogens with zero attached hydrogens (tertiary/aromatic N) is 2. The van der Waals surface area contributed by atoms with E-state index in [9.17, 15) is 14.7 Å². The van der Waals surface area contributed by atoms with Crippen molar-refractivity contribution < 1.29 is 14.7 Å². The topological polar surface area (TPSA) is 82.5 Å². The van der Waals surface area contributed by atoms with Crippen molar-refractivity contribution >= 4 is 23.4 Å². The summed E-state index contributed by atoms with van der Waals surface area (Å²) in [6.07, 6.45) is 3.44. The standard InChI is InChI=1S/C18H21N3O3/c1-3-4-10-21(2)16-15(18(23)24)11-14(12-19-16)20-17(22)13-8-6-5-7-9-13/h5-9,11-12H,3-4,10H2,1-2H3,(H,20,22)(H,23,24). The number of aromatic carboxylic acids is 1. The number of carboxylic acids is 1. The molecule has 2 aromatic rings. The fourth-order valence-electron chi connectivity index (χ4n) is 2.28. The number of carboxylic acid groups (broad SMARTS) is 1. The predicted molar refractivity (Wildman–Crippen MR) is 93.8 cm³/mol. The van der Waals surface area contributed by atoms with Crippen LogP contribution in [0, 0.1) is 0 Å². The summed E-state index contributed by atoms with van der Waals surface area (Å²) in [6.45, 7) is 2.79. The number of rotatable bonds is 7. The van der Waals surface area contributed by atoms with Crippen LogP contribution >= 0.6 is 0 Å². The number of hydrogen-bond acceptors (Lipinski definition) is 4. The van der Waals surface area contributed by atoms with Crippen LogP contribution in [0.25, 0.3) is 0 Å². The molecule has 0 unspecified atom stereocenters. The third kappa shape index (κ3) is 4.32. The number of amides is 1. The van der Waals surface area contributed by atoms with Gasteiger partial charge < -0.3 is 15.3 Å². The maximum atomic E-state index is 12.2. The summed E-state index contributed by atoms with van der Waals surface area (Å²) >= 11 is 0. The molecule has 0 radical (unpaired) electrons. The van der Waals surface area contributed by atoms with E-state index in [1.54, 1.807) is 24.3 Å². The van der Waals surface area contributed by atoms with Gasteiger partial charge in [-0.2, -0.15) is 0 Å². The first-order valence-electron chi connectivity index (χ1n) is 7.83. The first-order chi connectivity index (χ1) is 11.5. The van der Waals surface area contributed by atoms with Crippen molar-refractivity contribution in [3.05, 3.63) is 53.7 Å². The highest BCUT2D eigenvalue weighted by molar-refractivity contribution is 6.05. The number of carbonyl (C=O) groups excluding carboxylic acids is 1. The van der Waals surface area contributed by atoms with Gasteiger partial charge in [0.15, 0.2) is 0 Å². The van der Waals surface area contributed by atoms with Crippen LogP contribution in [-0.4, -0.2) is 35.6 Å². The molecule has 1 heterocycles. The van der Waals surface area contributed by atoms with Crippen molar-refractivity contribution in [3.8, 4) is 0 Å². The molecule has 0 saturated carbocycles. The Hall–Kier alpha value is -2.89. The van der Waals surface area contributed by atoms with Crippen LogP contribution in [0.2, 0.25) is 0 Å². The number of pyridine rings is 1. The molecule has 0 aliphatic heterocycles. The van der Waals surface area contributed by atoms with Crippen LogP contribution < -0.4 is 10.2 Å². The number of hydrogen-bond donors (Lipinski definition) is 2. The lowest BCUT2D eigenvalue weighted by molar-refractivity contribution is 0.0697. The summed E-state index contributed by atoms with van der Waals surface area (Å²) in [5.74, 6) is -0.980. The van der Waals surface area contributed by atoms with Gasteiger partial charge in [0, 0.05) is 19.2 Å². The predicted octanol–water partition coefficient (Wildman–Crippen LogP) is 3.27. The molecule has 0 atom stereocenters. The van der Waals surface area contributed by atoms with Gasteiger partial charge in [0.1, 0.15) is 11.4 Å². The molecule has 0 aliphatic rings. The van der Waals surface area contributed by atoms with E-state index in [1.807, 2.05) is 18.0 Å². The Labute approximate surface area is 141 Å². The second-order valence-corrected chi connectivity index (χ2v) is 5.50. The lowest BCUT2D eigenvalue weighted by Crippen LogP contribution is -2.23. The zero-order valence-corrected chi connectivity index (χ0v) is 13.8. The average molecular weight is 327 g/mol. The maximum absolute atomic E-state index is 12.2. The molecule has 1 aromatic carbocycles. The fourth-order valence-corrected chi connectivity index (χ4v) is 2.28. The van der Waals surface area contributed by atoms with Crippen LogP contribution in [0.4, 0.5) is 11.5 Å². The molecule has 24 heavy (non-hydrogen) atoms. The summed E-state index contributed by atoms with van der Waals surface area (Å²) in [5, 5.41) is 12.1. The Morgan fingerprint density at radius 1 is 1.25 bits per heavy atom. The lowest BCUT2D eigenvalue weighted by Gasteiger charge is -2.20. The molecule has 2 rings (SSSR count). The summed E-state index contributed by atoms with van der Waals surface area (Å²) in [4.78, 5) is 29.7. The molecule has 1 amide bonds. The zero-order valence-electron chi connectivity index (χ0n) is 13.8. The zero-order chi connectivity index (χ0) is 17.5. The molecular formula is C18H21N3O3. The number of benzene rings is 1. The quantitative estimate of drug-likeness (QED) is 0.815. The summed E-state index contributed by atoms with van der Waals surface area (Å²) in [5.41, 5.74) is 0.923. The molecule has 2 N–H and O–H groups in total.